The molecule has 146 valence electrons. The van der Waals surface area contributed by atoms with Gasteiger partial charge in [0, 0.05) is 24.5 Å². The van der Waals surface area contributed by atoms with Gasteiger partial charge in [-0.15, -0.1) is 12.4 Å². The molecule has 0 unspecified atom stereocenters. The van der Waals surface area contributed by atoms with E-state index in [9.17, 15) is 9.59 Å². The molecule has 0 spiro atoms. The molecule has 0 aromatic heterocycles. The Labute approximate surface area is 166 Å². The number of halogens is 1. The molecular formula is C21H27ClN2O3. The highest BCUT2D eigenvalue weighted by molar-refractivity contribution is 6.00. The van der Waals surface area contributed by atoms with Crippen LogP contribution in [0.5, 0.6) is 5.75 Å². The summed E-state index contributed by atoms with van der Waals surface area (Å²) < 4.78 is 5.12. The van der Waals surface area contributed by atoms with Gasteiger partial charge < -0.3 is 15.8 Å². The lowest BCUT2D eigenvalue weighted by Crippen LogP contribution is -2.14. The molecule has 2 aromatic rings. The smallest absolute Gasteiger partial charge is 0.224 e. The largest absolute Gasteiger partial charge is 0.497 e. The van der Waals surface area contributed by atoms with Crippen LogP contribution in [0, 0.1) is 5.92 Å². The van der Waals surface area contributed by atoms with E-state index < -0.39 is 0 Å². The maximum absolute atomic E-state index is 12.3. The fourth-order valence-electron chi connectivity index (χ4n) is 2.65. The summed E-state index contributed by atoms with van der Waals surface area (Å²) in [7, 11) is 1.54. The van der Waals surface area contributed by atoms with E-state index in [1.807, 2.05) is 24.3 Å². The quantitative estimate of drug-likeness (QED) is 0.513. The molecule has 0 aliphatic heterocycles. The van der Waals surface area contributed by atoms with Crippen molar-refractivity contribution in [1.82, 2.24) is 0 Å². The predicted molar refractivity (Wildman–Crippen MR) is 112 cm³/mol. The Morgan fingerprint density at radius 1 is 1.07 bits per heavy atom. The SMILES string of the molecule is COc1ccc(N)c(NC(=O)CCC(=O)c2ccc(CC(C)C)cc2)c1.Cl. The Balaban J connectivity index is 0.00000364. The zero-order valence-electron chi connectivity index (χ0n) is 16.0. The zero-order chi connectivity index (χ0) is 19.1. The maximum Gasteiger partial charge on any atom is 0.224 e. The molecule has 0 atom stereocenters. The van der Waals surface area contributed by atoms with Crippen LogP contribution in [-0.4, -0.2) is 18.8 Å². The van der Waals surface area contributed by atoms with Gasteiger partial charge in [-0.2, -0.15) is 0 Å². The second-order valence-corrected chi connectivity index (χ2v) is 6.72. The van der Waals surface area contributed by atoms with Crippen LogP contribution >= 0.6 is 12.4 Å². The summed E-state index contributed by atoms with van der Waals surface area (Å²) in [6.07, 6.45) is 1.24. The Bertz CT molecular complexity index is 773. The molecule has 6 heteroatoms. The average molecular weight is 391 g/mol. The third kappa shape index (κ3) is 6.94. The van der Waals surface area contributed by atoms with Crippen molar-refractivity contribution in [1.29, 1.82) is 0 Å². The number of hydrogen-bond acceptors (Lipinski definition) is 4. The predicted octanol–water partition coefficient (Wildman–Crippen LogP) is 4.50. The monoisotopic (exact) mass is 390 g/mol. The van der Waals surface area contributed by atoms with E-state index >= 15 is 0 Å². The Kier molecular flexibility index (Phi) is 8.82. The van der Waals surface area contributed by atoms with Crippen LogP contribution in [0.1, 0.15) is 42.6 Å². The molecule has 0 aliphatic rings. The fraction of sp³-hybridized carbons (Fsp3) is 0.333. The number of carbonyl (C=O) groups excluding carboxylic acids is 2. The molecule has 0 fully saturated rings. The van der Waals surface area contributed by atoms with E-state index in [-0.39, 0.29) is 36.9 Å². The number of Topliss-reactive ketones (excluding diaryl/α,β-unsaturated/α-hetero) is 1. The summed E-state index contributed by atoms with van der Waals surface area (Å²) in [6.45, 7) is 4.32. The first-order valence-corrected chi connectivity index (χ1v) is 8.74. The van der Waals surface area contributed by atoms with Crippen LogP contribution in [0.4, 0.5) is 11.4 Å². The van der Waals surface area contributed by atoms with Gasteiger partial charge >= 0.3 is 0 Å². The number of ketones is 1. The Morgan fingerprint density at radius 3 is 2.33 bits per heavy atom. The highest BCUT2D eigenvalue weighted by Crippen LogP contribution is 2.24. The van der Waals surface area contributed by atoms with E-state index in [1.54, 1.807) is 25.3 Å². The van der Waals surface area contributed by atoms with E-state index in [0.29, 0.717) is 28.6 Å². The number of anilines is 2. The van der Waals surface area contributed by atoms with Gasteiger partial charge in [0.2, 0.25) is 5.91 Å². The van der Waals surface area contributed by atoms with Crippen LogP contribution in [-0.2, 0) is 11.2 Å². The number of nitrogen functional groups attached to an aromatic ring is 1. The molecule has 2 aromatic carbocycles. The van der Waals surface area contributed by atoms with Crippen LogP contribution in [0.25, 0.3) is 0 Å². The minimum atomic E-state index is -0.255. The van der Waals surface area contributed by atoms with Gasteiger partial charge in [0.1, 0.15) is 5.75 Å². The van der Waals surface area contributed by atoms with E-state index in [4.69, 9.17) is 10.5 Å². The van der Waals surface area contributed by atoms with E-state index in [0.717, 1.165) is 6.42 Å². The van der Waals surface area contributed by atoms with Crippen molar-refractivity contribution in [2.75, 3.05) is 18.2 Å². The molecule has 2 rings (SSSR count). The summed E-state index contributed by atoms with van der Waals surface area (Å²) in [5.74, 6) is 0.876. The van der Waals surface area contributed by atoms with Crippen LogP contribution in [0.3, 0.4) is 0 Å². The minimum Gasteiger partial charge on any atom is -0.497 e. The molecule has 0 saturated carbocycles. The van der Waals surface area contributed by atoms with E-state index in [2.05, 4.69) is 19.2 Å². The number of methoxy groups -OCH3 is 1. The molecular weight excluding hydrogens is 364 g/mol. The van der Waals surface area contributed by atoms with Gasteiger partial charge in [0.15, 0.2) is 5.78 Å². The molecule has 0 heterocycles. The number of nitrogens with one attached hydrogen (secondary N) is 1. The second kappa shape index (κ2) is 10.6. The number of carbonyl (C=O) groups is 2. The molecule has 27 heavy (non-hydrogen) atoms. The molecule has 0 bridgehead atoms. The third-order valence-electron chi connectivity index (χ3n) is 4.03. The van der Waals surface area contributed by atoms with Crippen molar-refractivity contribution in [2.24, 2.45) is 5.92 Å². The second-order valence-electron chi connectivity index (χ2n) is 6.72. The first-order chi connectivity index (χ1) is 12.4. The molecule has 5 nitrogen and oxygen atoms in total. The van der Waals surface area contributed by atoms with Crippen LogP contribution < -0.4 is 15.8 Å². The van der Waals surface area contributed by atoms with Gasteiger partial charge in [-0.3, -0.25) is 9.59 Å². The van der Waals surface area contributed by atoms with Gasteiger partial charge in [0.25, 0.3) is 0 Å². The van der Waals surface area contributed by atoms with Crippen molar-refractivity contribution in [3.63, 3.8) is 0 Å². The first-order valence-electron chi connectivity index (χ1n) is 8.74. The number of rotatable bonds is 8. The highest BCUT2D eigenvalue weighted by Gasteiger charge is 2.11. The molecule has 0 aliphatic carbocycles. The standard InChI is InChI=1S/C21H26N2O3.ClH/c1-14(2)12-15-4-6-16(7-5-15)20(24)10-11-21(25)23-19-13-17(26-3)8-9-18(19)22;/h4-9,13-14H,10-12,22H2,1-3H3,(H,23,25);1H. The van der Waals surface area contributed by atoms with Gasteiger partial charge in [0.05, 0.1) is 18.5 Å². The van der Waals surface area contributed by atoms with Crippen molar-refractivity contribution < 1.29 is 14.3 Å². The molecule has 0 radical (unpaired) electrons. The molecule has 0 saturated heterocycles. The number of benzene rings is 2. The third-order valence-corrected chi connectivity index (χ3v) is 4.03. The molecule has 3 N–H and O–H groups in total. The summed E-state index contributed by atoms with van der Waals surface area (Å²) in [6, 6.07) is 12.7. The van der Waals surface area contributed by atoms with Gasteiger partial charge in [-0.1, -0.05) is 38.1 Å². The van der Waals surface area contributed by atoms with E-state index in [1.165, 1.54) is 5.56 Å². The van der Waals surface area contributed by atoms with Gasteiger partial charge in [-0.25, -0.2) is 0 Å². The summed E-state index contributed by atoms with van der Waals surface area (Å²) >= 11 is 0. The topological polar surface area (TPSA) is 81.4 Å². The lowest BCUT2D eigenvalue weighted by atomic mass is 9.99. The number of nitrogens with two attached hydrogens (primary N) is 1. The van der Waals surface area contributed by atoms with Crippen LogP contribution in [0.2, 0.25) is 0 Å². The summed E-state index contributed by atoms with van der Waals surface area (Å²) in [5, 5.41) is 2.73. The number of ether oxygens (including phenoxy) is 1. The fourth-order valence-corrected chi connectivity index (χ4v) is 2.65. The number of hydrogen-bond donors (Lipinski definition) is 2. The number of amides is 1. The maximum atomic E-state index is 12.3. The van der Waals surface area contributed by atoms with Crippen molar-refractivity contribution in [3.05, 3.63) is 53.6 Å². The Hall–Kier alpha value is -2.53. The lowest BCUT2D eigenvalue weighted by Gasteiger charge is -2.10. The highest BCUT2D eigenvalue weighted by atomic mass is 35.5. The van der Waals surface area contributed by atoms with Gasteiger partial charge in [-0.05, 0) is 30.0 Å². The summed E-state index contributed by atoms with van der Waals surface area (Å²) in [4.78, 5) is 24.4. The summed E-state index contributed by atoms with van der Waals surface area (Å²) in [5.41, 5.74) is 8.63. The minimum absolute atomic E-state index is 0. The normalized spacial score (nSPS) is 10.2. The zero-order valence-corrected chi connectivity index (χ0v) is 16.8. The lowest BCUT2D eigenvalue weighted by molar-refractivity contribution is -0.116. The average Bonchev–Trinajstić information content (AvgIpc) is 2.61. The molecule has 1 amide bonds. The van der Waals surface area contributed by atoms with Crippen molar-refractivity contribution in [2.45, 2.75) is 33.1 Å². The van der Waals surface area contributed by atoms with Crippen LogP contribution in [0.15, 0.2) is 42.5 Å². The Morgan fingerprint density at radius 2 is 1.74 bits per heavy atom. The van der Waals surface area contributed by atoms with Crippen molar-refractivity contribution in [3.8, 4) is 5.75 Å². The first kappa shape index (κ1) is 22.5. The van der Waals surface area contributed by atoms with Crippen molar-refractivity contribution >= 4 is 35.5 Å².